The third-order valence-corrected chi connectivity index (χ3v) is 4.24. The number of rotatable bonds is 6. The first-order valence-corrected chi connectivity index (χ1v) is 8.47. The maximum atomic E-state index is 13.4. The van der Waals surface area contributed by atoms with Crippen molar-refractivity contribution in [3.8, 4) is 5.75 Å². The van der Waals surface area contributed by atoms with Gasteiger partial charge in [-0.1, -0.05) is 12.1 Å². The Kier molecular flexibility index (Phi) is 5.54. The molecule has 0 aliphatic rings. The third kappa shape index (κ3) is 4.53. The molecule has 0 amide bonds. The Morgan fingerprint density at radius 2 is 2.00 bits per heavy atom. The summed E-state index contributed by atoms with van der Waals surface area (Å²) in [6.07, 6.45) is 0.591. The van der Waals surface area contributed by atoms with Gasteiger partial charge in [0.15, 0.2) is 0 Å². The molecule has 0 N–H and O–H groups in total. The first kappa shape index (κ1) is 18.6. The number of hydrogen-bond donors (Lipinski definition) is 0. The van der Waals surface area contributed by atoms with Crippen molar-refractivity contribution >= 4 is 16.9 Å². The van der Waals surface area contributed by atoms with Gasteiger partial charge in [-0.3, -0.25) is 4.79 Å². The smallest absolute Gasteiger partial charge is 0.336 e. The van der Waals surface area contributed by atoms with Crippen LogP contribution in [0.15, 0.2) is 51.7 Å². The molecule has 0 saturated heterocycles. The van der Waals surface area contributed by atoms with Crippen LogP contribution in [-0.2, 0) is 22.6 Å². The summed E-state index contributed by atoms with van der Waals surface area (Å²) in [6, 6.07) is 11.0. The second-order valence-corrected chi connectivity index (χ2v) is 6.20. The normalized spacial score (nSPS) is 10.8. The molecule has 2 aromatic carbocycles. The average molecular weight is 370 g/mol. The van der Waals surface area contributed by atoms with Gasteiger partial charge in [-0.2, -0.15) is 0 Å². The average Bonchev–Trinajstić information content (AvgIpc) is 2.64. The summed E-state index contributed by atoms with van der Waals surface area (Å²) in [6.45, 7) is 1.96. The summed E-state index contributed by atoms with van der Waals surface area (Å²) < 4.78 is 29.2. The van der Waals surface area contributed by atoms with E-state index in [0.717, 1.165) is 16.5 Å². The fraction of sp³-hybridized carbons (Fsp3) is 0.238. The van der Waals surface area contributed by atoms with Gasteiger partial charge in [0.25, 0.3) is 0 Å². The van der Waals surface area contributed by atoms with Gasteiger partial charge in [0.1, 0.15) is 23.8 Å². The van der Waals surface area contributed by atoms with Crippen molar-refractivity contribution in [2.24, 2.45) is 0 Å². The molecule has 140 valence electrons. The molecule has 0 atom stereocenters. The number of fused-ring (bicyclic) bond motifs is 1. The predicted octanol–water partition coefficient (Wildman–Crippen LogP) is 3.93. The van der Waals surface area contributed by atoms with E-state index in [4.69, 9.17) is 13.9 Å². The van der Waals surface area contributed by atoms with Gasteiger partial charge in [-0.05, 0) is 48.2 Å². The molecule has 0 fully saturated rings. The summed E-state index contributed by atoms with van der Waals surface area (Å²) in [5.41, 5.74) is 2.17. The number of hydrogen-bond acceptors (Lipinski definition) is 5. The second kappa shape index (κ2) is 8.03. The summed E-state index contributed by atoms with van der Waals surface area (Å²) in [7, 11) is 1.34. The third-order valence-electron chi connectivity index (χ3n) is 4.24. The van der Waals surface area contributed by atoms with Crippen LogP contribution < -0.4 is 10.4 Å². The molecule has 1 heterocycles. The zero-order valence-electron chi connectivity index (χ0n) is 15.1. The molecule has 0 aliphatic heterocycles. The Morgan fingerprint density at radius 3 is 2.74 bits per heavy atom. The van der Waals surface area contributed by atoms with Crippen LogP contribution in [0.25, 0.3) is 11.0 Å². The standard InChI is InChI=1S/C21H19FO5/c1-13-8-21(24)27-19-11-18(26-12-14-4-3-5-16(22)9-14)15(10-17(13)19)6-7-20(23)25-2/h3-5,8-11H,6-7,12H2,1-2H3. The maximum Gasteiger partial charge on any atom is 0.336 e. The zero-order valence-corrected chi connectivity index (χ0v) is 15.1. The van der Waals surface area contributed by atoms with E-state index >= 15 is 0 Å². The Morgan fingerprint density at radius 1 is 1.19 bits per heavy atom. The number of ether oxygens (including phenoxy) is 2. The van der Waals surface area contributed by atoms with Crippen LogP contribution in [0.1, 0.15) is 23.1 Å². The van der Waals surface area contributed by atoms with Crippen molar-refractivity contribution < 1.29 is 23.1 Å². The number of carbonyl (C=O) groups is 1. The molecule has 3 rings (SSSR count). The molecule has 0 saturated carbocycles. The minimum atomic E-state index is -0.446. The largest absolute Gasteiger partial charge is 0.488 e. The van der Waals surface area contributed by atoms with Gasteiger partial charge in [-0.25, -0.2) is 9.18 Å². The van der Waals surface area contributed by atoms with E-state index < -0.39 is 5.63 Å². The molecule has 0 radical (unpaired) electrons. The van der Waals surface area contributed by atoms with Crippen LogP contribution >= 0.6 is 0 Å². The van der Waals surface area contributed by atoms with Gasteiger partial charge >= 0.3 is 11.6 Å². The van der Waals surface area contributed by atoms with Gasteiger partial charge in [0.05, 0.1) is 7.11 Å². The minimum Gasteiger partial charge on any atom is -0.488 e. The lowest BCUT2D eigenvalue weighted by Crippen LogP contribution is -2.05. The van der Waals surface area contributed by atoms with E-state index in [-0.39, 0.29) is 24.8 Å². The lowest BCUT2D eigenvalue weighted by molar-refractivity contribution is -0.140. The minimum absolute atomic E-state index is 0.143. The van der Waals surface area contributed by atoms with Crippen molar-refractivity contribution in [3.63, 3.8) is 0 Å². The van der Waals surface area contributed by atoms with Crippen LogP contribution in [0.2, 0.25) is 0 Å². The Hall–Kier alpha value is -3.15. The van der Waals surface area contributed by atoms with E-state index in [1.807, 2.05) is 13.0 Å². The van der Waals surface area contributed by atoms with E-state index in [9.17, 15) is 14.0 Å². The SMILES string of the molecule is COC(=O)CCc1cc2c(C)cc(=O)oc2cc1OCc1cccc(F)c1. The fourth-order valence-electron chi connectivity index (χ4n) is 2.85. The van der Waals surface area contributed by atoms with Gasteiger partial charge in [0, 0.05) is 23.9 Å². The van der Waals surface area contributed by atoms with E-state index in [1.54, 1.807) is 18.2 Å². The lowest BCUT2D eigenvalue weighted by atomic mass is 10.0. The van der Waals surface area contributed by atoms with Crippen LogP contribution in [0.5, 0.6) is 5.75 Å². The van der Waals surface area contributed by atoms with Crippen LogP contribution in [0.4, 0.5) is 4.39 Å². The molecule has 0 aliphatic carbocycles. The fourth-order valence-corrected chi connectivity index (χ4v) is 2.85. The summed E-state index contributed by atoms with van der Waals surface area (Å²) in [5.74, 6) is -0.200. The Labute approximate surface area is 155 Å². The van der Waals surface area contributed by atoms with Crippen molar-refractivity contribution in [2.45, 2.75) is 26.4 Å². The number of aryl methyl sites for hydroxylation is 2. The monoisotopic (exact) mass is 370 g/mol. The van der Waals surface area contributed by atoms with Crippen LogP contribution in [0, 0.1) is 12.7 Å². The number of esters is 1. The Balaban J connectivity index is 1.96. The number of carbonyl (C=O) groups excluding carboxylic acids is 1. The molecular formula is C21H19FO5. The molecule has 27 heavy (non-hydrogen) atoms. The first-order chi connectivity index (χ1) is 13.0. The molecule has 1 aromatic heterocycles. The second-order valence-electron chi connectivity index (χ2n) is 6.20. The number of benzene rings is 2. The van der Waals surface area contributed by atoms with Gasteiger partial charge < -0.3 is 13.9 Å². The molecule has 3 aromatic rings. The van der Waals surface area contributed by atoms with Crippen LogP contribution in [0.3, 0.4) is 0 Å². The molecule has 0 bridgehead atoms. The van der Waals surface area contributed by atoms with Gasteiger partial charge in [0.2, 0.25) is 0 Å². The highest BCUT2D eigenvalue weighted by atomic mass is 19.1. The maximum absolute atomic E-state index is 13.4. The number of halogens is 1. The highest BCUT2D eigenvalue weighted by Crippen LogP contribution is 2.29. The Bertz CT molecular complexity index is 1040. The van der Waals surface area contributed by atoms with Gasteiger partial charge in [-0.15, -0.1) is 0 Å². The van der Waals surface area contributed by atoms with Crippen molar-refractivity contribution in [1.29, 1.82) is 0 Å². The van der Waals surface area contributed by atoms with Crippen molar-refractivity contribution in [3.05, 3.63) is 75.4 Å². The molecule has 5 nitrogen and oxygen atoms in total. The summed E-state index contributed by atoms with van der Waals surface area (Å²) in [5, 5.41) is 0.771. The zero-order chi connectivity index (χ0) is 19.4. The molecule has 0 unspecified atom stereocenters. The van der Waals surface area contributed by atoms with Crippen molar-refractivity contribution in [1.82, 2.24) is 0 Å². The molecule has 6 heteroatoms. The van der Waals surface area contributed by atoms with Crippen molar-refractivity contribution in [2.75, 3.05) is 7.11 Å². The van der Waals surface area contributed by atoms with E-state index in [1.165, 1.54) is 25.3 Å². The first-order valence-electron chi connectivity index (χ1n) is 8.47. The van der Waals surface area contributed by atoms with E-state index in [0.29, 0.717) is 23.3 Å². The molecular weight excluding hydrogens is 351 g/mol. The summed E-state index contributed by atoms with van der Waals surface area (Å²) in [4.78, 5) is 23.2. The lowest BCUT2D eigenvalue weighted by Gasteiger charge is -2.13. The topological polar surface area (TPSA) is 65.7 Å². The summed E-state index contributed by atoms with van der Waals surface area (Å²) >= 11 is 0. The number of methoxy groups -OCH3 is 1. The molecule has 0 spiro atoms. The highest BCUT2D eigenvalue weighted by molar-refractivity contribution is 5.83. The quantitative estimate of drug-likeness (QED) is 0.486. The highest BCUT2D eigenvalue weighted by Gasteiger charge is 2.13. The van der Waals surface area contributed by atoms with Crippen LogP contribution in [-0.4, -0.2) is 13.1 Å². The van der Waals surface area contributed by atoms with E-state index in [2.05, 4.69) is 0 Å². The predicted molar refractivity (Wildman–Crippen MR) is 98.3 cm³/mol.